The number of benzene rings is 1. The van der Waals surface area contributed by atoms with Crippen LogP contribution in [0.2, 0.25) is 15.1 Å². The van der Waals surface area contributed by atoms with Crippen LogP contribution in [0.25, 0.3) is 0 Å². The molecule has 0 saturated carbocycles. The van der Waals surface area contributed by atoms with Crippen molar-refractivity contribution in [1.29, 1.82) is 0 Å². The normalized spacial score (nSPS) is 11.5. The van der Waals surface area contributed by atoms with E-state index in [1.165, 1.54) is 96.6 Å². The van der Waals surface area contributed by atoms with Gasteiger partial charge in [0.15, 0.2) is 11.2 Å². The number of carbonyl (C=O) groups is 2. The summed E-state index contributed by atoms with van der Waals surface area (Å²) >= 11 is 18.0. The van der Waals surface area contributed by atoms with E-state index in [0.29, 0.717) is 5.02 Å². The van der Waals surface area contributed by atoms with E-state index >= 15 is 0 Å². The van der Waals surface area contributed by atoms with Crippen molar-refractivity contribution in [2.45, 2.75) is 111 Å². The highest BCUT2D eigenvalue weighted by Gasteiger charge is 2.40. The first-order valence-electron chi connectivity index (χ1n) is 12.7. The van der Waals surface area contributed by atoms with Crippen LogP contribution in [0.1, 0.15) is 111 Å². The Morgan fingerprint density at radius 1 is 0.706 bits per heavy atom. The van der Waals surface area contributed by atoms with Crippen molar-refractivity contribution in [3.63, 3.8) is 0 Å². The fourth-order valence-electron chi connectivity index (χ4n) is 3.57. The molecule has 1 aromatic carbocycles. The molecule has 0 amide bonds. The van der Waals surface area contributed by atoms with E-state index in [1.54, 1.807) is 0 Å². The zero-order valence-corrected chi connectivity index (χ0v) is 23.3. The van der Waals surface area contributed by atoms with Crippen molar-refractivity contribution in [2.75, 3.05) is 6.61 Å². The first kappa shape index (κ1) is 31.1. The third kappa shape index (κ3) is 12.1. The van der Waals surface area contributed by atoms with Crippen molar-refractivity contribution in [3.05, 3.63) is 27.2 Å². The molecule has 7 heteroatoms. The molecule has 0 heterocycles. The predicted molar refractivity (Wildman–Crippen MR) is 142 cm³/mol. The van der Waals surface area contributed by atoms with E-state index in [-0.39, 0.29) is 22.4 Å². The Morgan fingerprint density at radius 3 is 1.56 bits per heavy atom. The number of carbonyl (C=O) groups excluding carboxylic acids is 2. The third-order valence-electron chi connectivity index (χ3n) is 5.91. The van der Waals surface area contributed by atoms with Crippen molar-refractivity contribution in [1.82, 2.24) is 0 Å². The summed E-state index contributed by atoms with van der Waals surface area (Å²) in [4.78, 5) is 25.0. The summed E-state index contributed by atoms with van der Waals surface area (Å²) < 4.78 is 10.6. The molecule has 194 valence electrons. The molecule has 0 spiro atoms. The number of unbranched alkanes of at least 4 members (excludes halogenated alkanes) is 13. The average molecular weight is 536 g/mol. The highest BCUT2D eigenvalue weighted by Crippen LogP contribution is 2.37. The van der Waals surface area contributed by atoms with Gasteiger partial charge in [-0.1, -0.05) is 125 Å². The van der Waals surface area contributed by atoms with Gasteiger partial charge in [-0.3, -0.25) is 9.59 Å². The van der Waals surface area contributed by atoms with Crippen LogP contribution in [-0.2, 0) is 14.3 Å². The molecule has 0 saturated heterocycles. The van der Waals surface area contributed by atoms with Gasteiger partial charge in [0.05, 0.1) is 16.7 Å². The van der Waals surface area contributed by atoms with Crippen molar-refractivity contribution >= 4 is 46.7 Å². The predicted octanol–water partition coefficient (Wildman–Crippen LogP) is 9.60. The van der Waals surface area contributed by atoms with Crippen molar-refractivity contribution < 1.29 is 19.1 Å². The van der Waals surface area contributed by atoms with Crippen LogP contribution in [0, 0.1) is 5.41 Å². The fourth-order valence-corrected chi connectivity index (χ4v) is 4.47. The van der Waals surface area contributed by atoms with Crippen LogP contribution >= 0.6 is 34.8 Å². The van der Waals surface area contributed by atoms with E-state index in [0.717, 1.165) is 19.3 Å². The summed E-state index contributed by atoms with van der Waals surface area (Å²) in [5, 5.41) is 0.511. The number of rotatable bonds is 18. The van der Waals surface area contributed by atoms with Gasteiger partial charge in [-0.2, -0.15) is 0 Å². The minimum Gasteiger partial charge on any atom is -0.465 e. The summed E-state index contributed by atoms with van der Waals surface area (Å²) in [6.07, 6.45) is 17.6. The molecule has 1 rings (SSSR count). The van der Waals surface area contributed by atoms with Crippen molar-refractivity contribution in [2.24, 2.45) is 5.41 Å². The lowest BCUT2D eigenvalue weighted by Gasteiger charge is -2.21. The Morgan fingerprint density at radius 2 is 1.12 bits per heavy atom. The number of esters is 2. The molecule has 34 heavy (non-hydrogen) atoms. The van der Waals surface area contributed by atoms with E-state index in [2.05, 4.69) is 6.92 Å². The van der Waals surface area contributed by atoms with E-state index in [4.69, 9.17) is 44.3 Å². The molecule has 0 aliphatic carbocycles. The Labute approximate surface area is 221 Å². The molecule has 0 unspecified atom stereocenters. The summed E-state index contributed by atoms with van der Waals surface area (Å²) in [5.41, 5.74) is -1.48. The molecule has 0 N–H and O–H groups in total. The Hall–Kier alpha value is -0.970. The number of hydrogen-bond donors (Lipinski definition) is 0. The molecule has 0 atom stereocenters. The maximum absolute atomic E-state index is 12.6. The number of halogens is 3. The first-order valence-corrected chi connectivity index (χ1v) is 13.9. The number of ether oxygens (including phenoxy) is 2. The second-order valence-corrected chi connectivity index (χ2v) is 10.7. The number of hydrogen-bond acceptors (Lipinski definition) is 4. The molecule has 0 bridgehead atoms. The molecule has 0 fully saturated rings. The fraction of sp³-hybridized carbons (Fsp3) is 0.704. The standard InChI is InChI=1S/C27H41Cl3O4/c1-4-5-6-7-8-9-10-11-12-13-14-15-16-17-18-33-25(31)27(2,3)26(32)34-24-22(29)19-21(28)20-23(24)30/h19-20H,4-18H2,1-3H3. The Bertz CT molecular complexity index is 726. The topological polar surface area (TPSA) is 52.6 Å². The molecule has 0 aliphatic heterocycles. The largest absolute Gasteiger partial charge is 0.465 e. The molecule has 0 aliphatic rings. The van der Waals surface area contributed by atoms with Gasteiger partial charge >= 0.3 is 11.9 Å². The van der Waals surface area contributed by atoms with E-state index < -0.39 is 17.4 Å². The molecule has 4 nitrogen and oxygen atoms in total. The first-order chi connectivity index (χ1) is 16.2. The molecule has 1 aromatic rings. The van der Waals surface area contributed by atoms with Gasteiger partial charge in [0.2, 0.25) is 0 Å². The van der Waals surface area contributed by atoms with Crippen LogP contribution in [0.5, 0.6) is 5.75 Å². The Kier molecular flexibility index (Phi) is 15.9. The lowest BCUT2D eigenvalue weighted by molar-refractivity contribution is -0.164. The minimum atomic E-state index is -1.48. The van der Waals surface area contributed by atoms with Crippen LogP contribution < -0.4 is 4.74 Å². The van der Waals surface area contributed by atoms with Gasteiger partial charge in [0.1, 0.15) is 0 Å². The zero-order chi connectivity index (χ0) is 25.4. The monoisotopic (exact) mass is 534 g/mol. The second kappa shape index (κ2) is 17.5. The quantitative estimate of drug-likeness (QED) is 0.0812. The lowest BCUT2D eigenvalue weighted by Crippen LogP contribution is -2.38. The summed E-state index contributed by atoms with van der Waals surface area (Å²) in [7, 11) is 0. The molecule has 0 aromatic heterocycles. The summed E-state index contributed by atoms with van der Waals surface area (Å²) in [6.45, 7) is 5.46. The highest BCUT2D eigenvalue weighted by atomic mass is 35.5. The zero-order valence-electron chi connectivity index (χ0n) is 21.0. The van der Waals surface area contributed by atoms with Crippen LogP contribution in [0.4, 0.5) is 0 Å². The molecular weight excluding hydrogens is 495 g/mol. The molecular formula is C27H41Cl3O4. The van der Waals surface area contributed by atoms with Crippen LogP contribution in [0.3, 0.4) is 0 Å². The van der Waals surface area contributed by atoms with Gasteiger partial charge in [0.25, 0.3) is 0 Å². The maximum Gasteiger partial charge on any atom is 0.328 e. The van der Waals surface area contributed by atoms with E-state index in [9.17, 15) is 9.59 Å². The van der Waals surface area contributed by atoms with E-state index in [1.807, 2.05) is 0 Å². The minimum absolute atomic E-state index is 0.0226. The third-order valence-corrected chi connectivity index (χ3v) is 6.69. The summed E-state index contributed by atoms with van der Waals surface area (Å²) in [5.74, 6) is -1.44. The Balaban J connectivity index is 2.14. The molecule has 0 radical (unpaired) electrons. The van der Waals surface area contributed by atoms with Gasteiger partial charge in [-0.15, -0.1) is 0 Å². The lowest BCUT2D eigenvalue weighted by atomic mass is 9.94. The SMILES string of the molecule is CCCCCCCCCCCCCCCCOC(=O)C(C)(C)C(=O)Oc1c(Cl)cc(Cl)cc1Cl. The van der Waals surface area contributed by atoms with Gasteiger partial charge in [-0.25, -0.2) is 0 Å². The van der Waals surface area contributed by atoms with Gasteiger partial charge in [-0.05, 0) is 32.4 Å². The summed E-state index contributed by atoms with van der Waals surface area (Å²) in [6, 6.07) is 2.83. The average Bonchev–Trinajstić information content (AvgIpc) is 2.78. The highest BCUT2D eigenvalue weighted by molar-refractivity contribution is 6.40. The van der Waals surface area contributed by atoms with Gasteiger partial charge in [0, 0.05) is 5.02 Å². The van der Waals surface area contributed by atoms with Crippen LogP contribution in [0.15, 0.2) is 12.1 Å². The second-order valence-electron chi connectivity index (χ2n) is 9.45. The smallest absolute Gasteiger partial charge is 0.328 e. The maximum atomic E-state index is 12.6. The van der Waals surface area contributed by atoms with Gasteiger partial charge < -0.3 is 9.47 Å². The van der Waals surface area contributed by atoms with Crippen LogP contribution in [-0.4, -0.2) is 18.5 Å². The van der Waals surface area contributed by atoms with Crippen molar-refractivity contribution in [3.8, 4) is 5.75 Å².